The minimum atomic E-state index is 0.0112. The Bertz CT molecular complexity index is 846. The monoisotopic (exact) mass is 325 g/mol. The number of nitrogens with one attached hydrogen (secondary N) is 1. The number of amides is 1. The fourth-order valence-corrected chi connectivity index (χ4v) is 3.15. The maximum absolute atomic E-state index is 11.9. The van der Waals surface area contributed by atoms with Crippen LogP contribution in [0.15, 0.2) is 41.5 Å². The average Bonchev–Trinajstić information content (AvgIpc) is 3.00. The Hall–Kier alpha value is -2.63. The normalized spacial score (nSPS) is 14.8. The van der Waals surface area contributed by atoms with Crippen molar-refractivity contribution < 1.29 is 4.79 Å². The van der Waals surface area contributed by atoms with Crippen LogP contribution in [-0.4, -0.2) is 34.5 Å². The molecule has 6 nitrogen and oxygen atoms in total. The standard InChI is InChI=1S/C18H23N5O/c1-5-12-8-13(18(24)19-2)6-7-15(12)23(4)17-9-16-14(10-20-17)21-11-22(16)3/h8-11H,5-7H2,1-4H3,(H,19,24). The molecule has 126 valence electrons. The highest BCUT2D eigenvalue weighted by molar-refractivity contribution is 5.94. The maximum Gasteiger partial charge on any atom is 0.246 e. The lowest BCUT2D eigenvalue weighted by atomic mass is 9.93. The van der Waals surface area contributed by atoms with Crippen molar-refractivity contribution >= 4 is 22.8 Å². The van der Waals surface area contributed by atoms with Crippen LogP contribution >= 0.6 is 0 Å². The van der Waals surface area contributed by atoms with E-state index in [9.17, 15) is 4.79 Å². The number of hydrogen-bond acceptors (Lipinski definition) is 4. The van der Waals surface area contributed by atoms with Crippen LogP contribution in [0, 0.1) is 0 Å². The number of hydrogen-bond donors (Lipinski definition) is 1. The third-order valence-corrected chi connectivity index (χ3v) is 4.60. The molecule has 0 spiro atoms. The van der Waals surface area contributed by atoms with Crippen LogP contribution in [-0.2, 0) is 11.8 Å². The molecule has 2 aromatic rings. The maximum atomic E-state index is 11.9. The van der Waals surface area contributed by atoms with Crippen molar-refractivity contribution in [2.24, 2.45) is 7.05 Å². The molecule has 24 heavy (non-hydrogen) atoms. The molecule has 0 bridgehead atoms. The quantitative estimate of drug-likeness (QED) is 0.938. The van der Waals surface area contributed by atoms with Gasteiger partial charge < -0.3 is 14.8 Å². The molecular weight excluding hydrogens is 302 g/mol. The number of imidazole rings is 1. The predicted octanol–water partition coefficient (Wildman–Crippen LogP) is 2.53. The largest absolute Gasteiger partial charge is 0.355 e. The molecule has 2 heterocycles. The number of aryl methyl sites for hydroxylation is 1. The summed E-state index contributed by atoms with van der Waals surface area (Å²) in [6.07, 6.45) is 8.10. The fraction of sp³-hybridized carbons (Fsp3) is 0.389. The summed E-state index contributed by atoms with van der Waals surface area (Å²) >= 11 is 0. The Balaban J connectivity index is 1.98. The van der Waals surface area contributed by atoms with Gasteiger partial charge >= 0.3 is 0 Å². The zero-order valence-electron chi connectivity index (χ0n) is 14.6. The van der Waals surface area contributed by atoms with E-state index >= 15 is 0 Å². The second kappa shape index (κ2) is 6.47. The van der Waals surface area contributed by atoms with Gasteiger partial charge in [0.2, 0.25) is 5.91 Å². The summed E-state index contributed by atoms with van der Waals surface area (Å²) < 4.78 is 1.99. The number of anilines is 1. The Morgan fingerprint density at radius 3 is 2.88 bits per heavy atom. The van der Waals surface area contributed by atoms with Crippen molar-refractivity contribution in [1.82, 2.24) is 19.9 Å². The number of nitrogens with zero attached hydrogens (tertiary/aromatic N) is 4. The summed E-state index contributed by atoms with van der Waals surface area (Å²) in [6, 6.07) is 2.06. The Morgan fingerprint density at radius 1 is 1.38 bits per heavy atom. The second-order valence-corrected chi connectivity index (χ2v) is 6.02. The van der Waals surface area contributed by atoms with Crippen molar-refractivity contribution in [2.75, 3.05) is 19.0 Å². The van der Waals surface area contributed by atoms with Crippen molar-refractivity contribution in [3.63, 3.8) is 0 Å². The molecule has 1 aliphatic rings. The molecule has 3 rings (SSSR count). The zero-order valence-corrected chi connectivity index (χ0v) is 14.6. The highest BCUT2D eigenvalue weighted by atomic mass is 16.1. The molecular formula is C18H23N5O. The van der Waals surface area contributed by atoms with Crippen LogP contribution in [0.1, 0.15) is 26.2 Å². The summed E-state index contributed by atoms with van der Waals surface area (Å²) in [7, 11) is 5.69. The summed E-state index contributed by atoms with van der Waals surface area (Å²) in [5, 5.41) is 2.71. The minimum absolute atomic E-state index is 0.0112. The van der Waals surface area contributed by atoms with Crippen molar-refractivity contribution in [3.05, 3.63) is 41.5 Å². The number of pyridine rings is 1. The third kappa shape index (κ3) is 2.79. The molecule has 0 fully saturated rings. The van der Waals surface area contributed by atoms with Gasteiger partial charge in [-0.25, -0.2) is 9.97 Å². The molecule has 0 aromatic carbocycles. The SMILES string of the molecule is CCC1=C(N(C)c2cc3c(cn2)ncn3C)CCC(C(=O)NC)=C1. The predicted molar refractivity (Wildman–Crippen MR) is 95.6 cm³/mol. The Labute approximate surface area is 141 Å². The van der Waals surface area contributed by atoms with E-state index in [1.807, 2.05) is 30.9 Å². The van der Waals surface area contributed by atoms with Crippen LogP contribution in [0.25, 0.3) is 11.0 Å². The molecule has 0 atom stereocenters. The van der Waals surface area contributed by atoms with Gasteiger partial charge in [-0.05, 0) is 30.9 Å². The summed E-state index contributed by atoms with van der Waals surface area (Å²) in [5.74, 6) is 0.904. The van der Waals surface area contributed by atoms with Crippen LogP contribution in [0.5, 0.6) is 0 Å². The highest BCUT2D eigenvalue weighted by Crippen LogP contribution is 2.31. The number of likely N-dealkylation sites (N-methyl/N-ethyl adjacent to an activating group) is 1. The average molecular weight is 325 g/mol. The first kappa shape index (κ1) is 16.2. The fourth-order valence-electron chi connectivity index (χ4n) is 3.15. The number of aromatic nitrogens is 3. The lowest BCUT2D eigenvalue weighted by Crippen LogP contribution is -2.25. The molecule has 1 aliphatic carbocycles. The molecule has 2 aromatic heterocycles. The molecule has 0 saturated heterocycles. The van der Waals surface area contributed by atoms with E-state index in [-0.39, 0.29) is 5.91 Å². The molecule has 1 amide bonds. The van der Waals surface area contributed by atoms with Crippen molar-refractivity contribution in [3.8, 4) is 0 Å². The van der Waals surface area contributed by atoms with Gasteiger partial charge in [-0.15, -0.1) is 0 Å². The number of rotatable bonds is 4. The van der Waals surface area contributed by atoms with E-state index in [1.54, 1.807) is 13.4 Å². The van der Waals surface area contributed by atoms with Gasteiger partial charge in [-0.3, -0.25) is 4.79 Å². The molecule has 1 N–H and O–H groups in total. The number of carbonyl (C=O) groups is 1. The van der Waals surface area contributed by atoms with Crippen LogP contribution in [0.3, 0.4) is 0 Å². The smallest absolute Gasteiger partial charge is 0.246 e. The van der Waals surface area contributed by atoms with Gasteiger partial charge in [0.1, 0.15) is 11.3 Å². The first-order chi connectivity index (χ1) is 11.5. The van der Waals surface area contributed by atoms with E-state index in [0.717, 1.165) is 41.7 Å². The third-order valence-electron chi connectivity index (χ3n) is 4.60. The first-order valence-electron chi connectivity index (χ1n) is 8.20. The molecule has 0 unspecified atom stereocenters. The van der Waals surface area contributed by atoms with Crippen molar-refractivity contribution in [1.29, 1.82) is 0 Å². The van der Waals surface area contributed by atoms with Gasteiger partial charge in [0, 0.05) is 38.5 Å². The molecule has 6 heteroatoms. The van der Waals surface area contributed by atoms with Crippen LogP contribution in [0.2, 0.25) is 0 Å². The first-order valence-corrected chi connectivity index (χ1v) is 8.20. The molecule has 0 aliphatic heterocycles. The van der Waals surface area contributed by atoms with Gasteiger partial charge in [0.25, 0.3) is 0 Å². The van der Waals surface area contributed by atoms with E-state index in [2.05, 4.69) is 33.2 Å². The summed E-state index contributed by atoms with van der Waals surface area (Å²) in [5.41, 5.74) is 5.21. The van der Waals surface area contributed by atoms with Gasteiger partial charge in [-0.2, -0.15) is 0 Å². The van der Waals surface area contributed by atoms with Crippen molar-refractivity contribution in [2.45, 2.75) is 26.2 Å². The topological polar surface area (TPSA) is 63.1 Å². The number of fused-ring (bicyclic) bond motifs is 1. The lowest BCUT2D eigenvalue weighted by molar-refractivity contribution is -0.117. The summed E-state index contributed by atoms with van der Waals surface area (Å²) in [6.45, 7) is 2.12. The van der Waals surface area contributed by atoms with E-state index in [0.29, 0.717) is 0 Å². The van der Waals surface area contributed by atoms with Crippen LogP contribution in [0.4, 0.5) is 5.82 Å². The molecule has 0 radical (unpaired) electrons. The zero-order chi connectivity index (χ0) is 17.3. The lowest BCUT2D eigenvalue weighted by Gasteiger charge is -2.27. The van der Waals surface area contributed by atoms with Gasteiger partial charge in [-0.1, -0.05) is 6.92 Å². The highest BCUT2D eigenvalue weighted by Gasteiger charge is 2.20. The summed E-state index contributed by atoms with van der Waals surface area (Å²) in [4.78, 5) is 22.9. The Kier molecular flexibility index (Phi) is 4.38. The van der Waals surface area contributed by atoms with E-state index in [4.69, 9.17) is 0 Å². The Morgan fingerprint density at radius 2 is 2.17 bits per heavy atom. The minimum Gasteiger partial charge on any atom is -0.355 e. The molecule has 0 saturated carbocycles. The van der Waals surface area contributed by atoms with Gasteiger partial charge in [0.15, 0.2) is 0 Å². The van der Waals surface area contributed by atoms with Gasteiger partial charge in [0.05, 0.1) is 18.0 Å². The van der Waals surface area contributed by atoms with Crippen LogP contribution < -0.4 is 10.2 Å². The second-order valence-electron chi connectivity index (χ2n) is 6.02. The number of carbonyl (C=O) groups excluding carboxylic acids is 1. The number of allylic oxidation sites excluding steroid dienone is 3. The van der Waals surface area contributed by atoms with E-state index < -0.39 is 0 Å². The van der Waals surface area contributed by atoms with E-state index in [1.165, 1.54) is 11.3 Å².